The molecule has 2 aromatic carbocycles. The molecule has 0 bridgehead atoms. The van der Waals surface area contributed by atoms with Crippen molar-refractivity contribution < 1.29 is 19.4 Å². The lowest BCUT2D eigenvalue weighted by Gasteiger charge is -2.17. The second-order valence-corrected chi connectivity index (χ2v) is 8.51. The molecule has 0 saturated heterocycles. The molecule has 5 nitrogen and oxygen atoms in total. The first kappa shape index (κ1) is 21.9. The largest absolute Gasteiger partial charge is 0.508 e. The summed E-state index contributed by atoms with van der Waals surface area (Å²) in [5, 5.41) is 12.2. The maximum absolute atomic E-state index is 12.4. The van der Waals surface area contributed by atoms with E-state index in [-0.39, 0.29) is 18.3 Å². The zero-order chi connectivity index (χ0) is 19.8. The molecule has 0 spiro atoms. The van der Waals surface area contributed by atoms with Gasteiger partial charge in [-0.3, -0.25) is 4.79 Å². The molecule has 2 N–H and O–H groups in total. The van der Waals surface area contributed by atoms with Crippen LogP contribution < -0.4 is 5.32 Å². The van der Waals surface area contributed by atoms with Crippen LogP contribution in [0, 0.1) is 7.14 Å². The summed E-state index contributed by atoms with van der Waals surface area (Å²) < 4.78 is 7.35. The number of phenolic OH excluding ortho intramolecular Hbond substituents is 1. The summed E-state index contributed by atoms with van der Waals surface area (Å²) in [6, 6.07) is 12.0. The van der Waals surface area contributed by atoms with Crippen LogP contribution in [0.4, 0.5) is 0 Å². The molecule has 144 valence electrons. The summed E-state index contributed by atoms with van der Waals surface area (Å²) in [6.07, 6.45) is 1.21. The number of phenols is 1. The average molecular weight is 593 g/mol. The van der Waals surface area contributed by atoms with E-state index < -0.39 is 12.0 Å². The highest BCUT2D eigenvalue weighted by Crippen LogP contribution is 2.16. The molecule has 1 atom stereocenters. The van der Waals surface area contributed by atoms with E-state index in [4.69, 9.17) is 4.74 Å². The number of hydrogen-bond acceptors (Lipinski definition) is 4. The summed E-state index contributed by atoms with van der Waals surface area (Å²) in [4.78, 5) is 24.6. The molecule has 0 aliphatic heterocycles. The molecular weight excluding hydrogens is 572 g/mol. The Hall–Kier alpha value is -1.36. The highest BCUT2D eigenvalue weighted by Gasteiger charge is 2.22. The van der Waals surface area contributed by atoms with Crippen molar-refractivity contribution in [3.8, 4) is 5.75 Å². The number of carbonyl (C=O) groups excluding carboxylic acids is 2. The van der Waals surface area contributed by atoms with E-state index in [1.807, 2.05) is 0 Å². The molecule has 7 heteroatoms. The summed E-state index contributed by atoms with van der Waals surface area (Å²) in [5.74, 6) is -0.494. The maximum atomic E-state index is 12.4. The first-order valence-corrected chi connectivity index (χ1v) is 10.7. The van der Waals surface area contributed by atoms with E-state index in [1.54, 1.807) is 31.2 Å². The van der Waals surface area contributed by atoms with Gasteiger partial charge in [0.1, 0.15) is 11.8 Å². The quantitative estimate of drug-likeness (QED) is 0.361. The van der Waals surface area contributed by atoms with E-state index in [0.29, 0.717) is 19.3 Å². The fraction of sp³-hybridized carbons (Fsp3) is 0.300. The number of benzene rings is 2. The van der Waals surface area contributed by atoms with Gasteiger partial charge < -0.3 is 15.2 Å². The lowest BCUT2D eigenvalue weighted by atomic mass is 10.0. The third-order valence-electron chi connectivity index (χ3n) is 3.85. The van der Waals surface area contributed by atoms with Crippen molar-refractivity contribution in [3.05, 3.63) is 60.7 Å². The van der Waals surface area contributed by atoms with Crippen LogP contribution in [0.2, 0.25) is 0 Å². The van der Waals surface area contributed by atoms with Gasteiger partial charge in [0.25, 0.3) is 0 Å². The standard InChI is InChI=1S/C20H21I2NO4/c1-2-27-20(26)18(11-13-3-6-17(24)7-4-13)23-19(25)8-5-14-9-15(21)12-16(22)10-14/h3-4,6-7,9-10,12,18,24H,2,5,8,11H2,1H3,(H,23,25). The SMILES string of the molecule is CCOC(=O)C(Cc1ccc(O)cc1)NC(=O)CCc1cc(I)cc(I)c1. The van der Waals surface area contributed by atoms with Crippen molar-refractivity contribution >= 4 is 57.1 Å². The number of aromatic hydroxyl groups is 1. The van der Waals surface area contributed by atoms with Gasteiger partial charge in [0.05, 0.1) is 6.61 Å². The van der Waals surface area contributed by atoms with Gasteiger partial charge in [-0.05, 0) is 100.0 Å². The van der Waals surface area contributed by atoms with E-state index >= 15 is 0 Å². The van der Waals surface area contributed by atoms with Crippen molar-refractivity contribution in [2.75, 3.05) is 6.61 Å². The fourth-order valence-corrected chi connectivity index (χ4v) is 4.65. The molecule has 0 fully saturated rings. The minimum atomic E-state index is -0.752. The molecule has 27 heavy (non-hydrogen) atoms. The van der Waals surface area contributed by atoms with Gasteiger partial charge in [0, 0.05) is 20.0 Å². The second kappa shape index (κ2) is 10.8. The highest BCUT2D eigenvalue weighted by atomic mass is 127. The number of nitrogens with one attached hydrogen (secondary N) is 1. The Morgan fingerprint density at radius 3 is 2.30 bits per heavy atom. The maximum Gasteiger partial charge on any atom is 0.328 e. The van der Waals surface area contributed by atoms with Crippen LogP contribution in [-0.4, -0.2) is 29.6 Å². The Bertz CT molecular complexity index is 773. The zero-order valence-electron chi connectivity index (χ0n) is 14.9. The Morgan fingerprint density at radius 2 is 1.70 bits per heavy atom. The first-order chi connectivity index (χ1) is 12.9. The number of ether oxygens (including phenoxy) is 1. The van der Waals surface area contributed by atoms with E-state index in [2.05, 4.69) is 68.7 Å². The number of hydrogen-bond donors (Lipinski definition) is 2. The third-order valence-corrected chi connectivity index (χ3v) is 5.09. The first-order valence-electron chi connectivity index (χ1n) is 8.56. The number of aryl methyl sites for hydroxylation is 1. The van der Waals surface area contributed by atoms with Gasteiger partial charge in [-0.1, -0.05) is 12.1 Å². The van der Waals surface area contributed by atoms with E-state index in [0.717, 1.165) is 18.3 Å². The summed E-state index contributed by atoms with van der Waals surface area (Å²) in [5.41, 5.74) is 1.92. The van der Waals surface area contributed by atoms with E-state index in [1.165, 1.54) is 0 Å². The minimum Gasteiger partial charge on any atom is -0.508 e. The van der Waals surface area contributed by atoms with Crippen molar-refractivity contribution in [2.45, 2.75) is 32.2 Å². The molecule has 0 aromatic heterocycles. The molecule has 2 rings (SSSR count). The van der Waals surface area contributed by atoms with Crippen LogP contribution in [0.3, 0.4) is 0 Å². The topological polar surface area (TPSA) is 75.6 Å². The van der Waals surface area contributed by atoms with Crippen molar-refractivity contribution in [1.82, 2.24) is 5.32 Å². The van der Waals surface area contributed by atoms with Crippen molar-refractivity contribution in [3.63, 3.8) is 0 Å². The van der Waals surface area contributed by atoms with Gasteiger partial charge in [-0.25, -0.2) is 4.79 Å². The molecular formula is C20H21I2NO4. The van der Waals surface area contributed by atoms with Gasteiger partial charge in [-0.2, -0.15) is 0 Å². The molecule has 0 heterocycles. The Kier molecular flexibility index (Phi) is 8.81. The fourth-order valence-electron chi connectivity index (χ4n) is 2.58. The summed E-state index contributed by atoms with van der Waals surface area (Å²) >= 11 is 4.51. The normalized spacial score (nSPS) is 11.7. The average Bonchev–Trinajstić information content (AvgIpc) is 2.60. The van der Waals surface area contributed by atoms with Gasteiger partial charge >= 0.3 is 5.97 Å². The third kappa shape index (κ3) is 7.65. The highest BCUT2D eigenvalue weighted by molar-refractivity contribution is 14.1. The zero-order valence-corrected chi connectivity index (χ0v) is 19.2. The van der Waals surface area contributed by atoms with Crippen LogP contribution in [0.5, 0.6) is 5.75 Å². The van der Waals surface area contributed by atoms with Crippen LogP contribution in [0.1, 0.15) is 24.5 Å². The number of carbonyl (C=O) groups is 2. The number of esters is 1. The second-order valence-electron chi connectivity index (χ2n) is 6.02. The van der Waals surface area contributed by atoms with Crippen LogP contribution >= 0.6 is 45.2 Å². The van der Waals surface area contributed by atoms with E-state index in [9.17, 15) is 14.7 Å². The Morgan fingerprint density at radius 1 is 1.07 bits per heavy atom. The van der Waals surface area contributed by atoms with Gasteiger partial charge in [-0.15, -0.1) is 0 Å². The Labute approximate surface area is 186 Å². The predicted molar refractivity (Wildman–Crippen MR) is 121 cm³/mol. The van der Waals surface area contributed by atoms with Crippen LogP contribution in [0.25, 0.3) is 0 Å². The minimum absolute atomic E-state index is 0.155. The summed E-state index contributed by atoms with van der Waals surface area (Å²) in [7, 11) is 0. The Balaban J connectivity index is 1.99. The lowest BCUT2D eigenvalue weighted by Crippen LogP contribution is -2.43. The van der Waals surface area contributed by atoms with Crippen molar-refractivity contribution in [2.24, 2.45) is 0 Å². The summed E-state index contributed by atoms with van der Waals surface area (Å²) in [6.45, 7) is 1.98. The van der Waals surface area contributed by atoms with Crippen LogP contribution in [-0.2, 0) is 27.2 Å². The monoisotopic (exact) mass is 593 g/mol. The number of halogens is 2. The molecule has 1 unspecified atom stereocenters. The van der Waals surface area contributed by atoms with Crippen LogP contribution in [0.15, 0.2) is 42.5 Å². The smallest absolute Gasteiger partial charge is 0.328 e. The molecule has 0 radical (unpaired) electrons. The molecule has 0 saturated carbocycles. The number of rotatable bonds is 8. The van der Waals surface area contributed by atoms with Gasteiger partial charge in [0.15, 0.2) is 0 Å². The van der Waals surface area contributed by atoms with Gasteiger partial charge in [0.2, 0.25) is 5.91 Å². The lowest BCUT2D eigenvalue weighted by molar-refractivity contribution is -0.147. The molecule has 2 aromatic rings. The molecule has 0 aliphatic carbocycles. The number of amides is 1. The molecule has 0 aliphatic rings. The molecule has 1 amide bonds. The van der Waals surface area contributed by atoms with Crippen molar-refractivity contribution in [1.29, 1.82) is 0 Å². The predicted octanol–water partition coefficient (Wildman–Crippen LogP) is 3.82.